The maximum absolute atomic E-state index is 15.1. The van der Waals surface area contributed by atoms with Gasteiger partial charge in [-0.25, -0.2) is 32.9 Å². The van der Waals surface area contributed by atoms with Crippen LogP contribution in [0.1, 0.15) is 24.8 Å². The van der Waals surface area contributed by atoms with Crippen molar-refractivity contribution < 1.29 is 17.5 Å². The molecule has 35 heavy (non-hydrogen) atoms. The van der Waals surface area contributed by atoms with E-state index in [2.05, 4.69) is 25.6 Å². The summed E-state index contributed by atoms with van der Waals surface area (Å²) in [5, 5.41) is 11.7. The lowest BCUT2D eigenvalue weighted by molar-refractivity contribution is 0.425. The number of nitrogens with zero attached hydrogens (tertiary/aromatic N) is 3. The number of piperidine rings is 1. The molecule has 0 saturated carbocycles. The second-order valence-corrected chi connectivity index (χ2v) is 9.85. The molecule has 3 aromatic rings. The quantitative estimate of drug-likeness (QED) is 0.390. The lowest BCUT2D eigenvalue weighted by Gasteiger charge is -2.23. The number of sulfonamides is 1. The third-order valence-electron chi connectivity index (χ3n) is 5.46. The highest BCUT2D eigenvalue weighted by molar-refractivity contribution is 7.89. The monoisotopic (exact) mass is 522 g/mol. The minimum atomic E-state index is -3.60. The van der Waals surface area contributed by atoms with E-state index in [1.165, 1.54) is 6.07 Å². The number of halogens is 2. The molecule has 1 aliphatic heterocycles. The maximum atomic E-state index is 15.1. The topological polar surface area (TPSA) is 132 Å². The van der Waals surface area contributed by atoms with Crippen LogP contribution in [0.15, 0.2) is 48.8 Å². The van der Waals surface area contributed by atoms with E-state index < -0.39 is 15.8 Å². The van der Waals surface area contributed by atoms with Crippen molar-refractivity contribution in [3.63, 3.8) is 0 Å². The molecule has 2 aromatic heterocycles. The molecule has 4 rings (SSSR count). The van der Waals surface area contributed by atoms with Gasteiger partial charge in [-0.05, 0) is 62.1 Å². The molecule has 1 unspecified atom stereocenters. The summed E-state index contributed by atoms with van der Waals surface area (Å²) >= 11 is 0. The van der Waals surface area contributed by atoms with Crippen LogP contribution in [-0.4, -0.2) is 48.3 Å². The Morgan fingerprint density at radius 1 is 1.17 bits per heavy atom. The molecule has 1 aliphatic rings. The fraction of sp³-hybridized carbons (Fsp3) is 0.348. The molecule has 9 nitrogen and oxygen atoms in total. The van der Waals surface area contributed by atoms with Gasteiger partial charge in [0, 0.05) is 25.0 Å². The fourth-order valence-corrected chi connectivity index (χ4v) is 4.35. The Labute approximate surface area is 210 Å². The van der Waals surface area contributed by atoms with E-state index in [1.54, 1.807) is 42.7 Å². The molecular formula is C23H28ClFN6O3S. The summed E-state index contributed by atoms with van der Waals surface area (Å²) in [6, 6.07) is 10.3. The van der Waals surface area contributed by atoms with Gasteiger partial charge in [-0.15, -0.1) is 12.4 Å². The molecule has 1 fully saturated rings. The van der Waals surface area contributed by atoms with Crippen molar-refractivity contribution in [2.24, 2.45) is 5.14 Å². The molecule has 0 aliphatic carbocycles. The van der Waals surface area contributed by atoms with E-state index in [0.29, 0.717) is 22.8 Å². The molecule has 4 N–H and O–H groups in total. The number of ether oxygens (including phenoxy) is 1. The number of rotatable bonds is 9. The van der Waals surface area contributed by atoms with E-state index in [1.807, 2.05) is 0 Å². The summed E-state index contributed by atoms with van der Waals surface area (Å²) in [4.78, 5) is 13.2. The molecule has 0 radical (unpaired) electrons. The lowest BCUT2D eigenvalue weighted by Crippen LogP contribution is -2.38. The van der Waals surface area contributed by atoms with Crippen molar-refractivity contribution >= 4 is 28.4 Å². The summed E-state index contributed by atoms with van der Waals surface area (Å²) in [5.74, 6) is -0.0867. The summed E-state index contributed by atoms with van der Waals surface area (Å²) in [6.45, 7) is 1.86. The molecule has 0 spiro atoms. The van der Waals surface area contributed by atoms with Crippen LogP contribution < -0.4 is 20.5 Å². The molecule has 188 valence electrons. The number of benzene rings is 1. The zero-order valence-electron chi connectivity index (χ0n) is 19.0. The fourth-order valence-electron chi connectivity index (χ4n) is 3.80. The SMILES string of the molecule is Cl.NS(=O)(=O)CCCc1cccc(Oc2ncccc2-c2ccnc(NC3CCCNC3)n2)c1F. The first-order valence-electron chi connectivity index (χ1n) is 11.1. The summed E-state index contributed by atoms with van der Waals surface area (Å²) < 4.78 is 43.2. The second-order valence-electron chi connectivity index (χ2n) is 8.11. The van der Waals surface area contributed by atoms with Gasteiger partial charge in [0.2, 0.25) is 21.9 Å². The van der Waals surface area contributed by atoms with Crippen LogP contribution in [0, 0.1) is 5.82 Å². The minimum absolute atomic E-state index is 0. The molecule has 3 heterocycles. The van der Waals surface area contributed by atoms with Crippen molar-refractivity contribution in [2.75, 3.05) is 24.2 Å². The first kappa shape index (κ1) is 26.7. The number of nitrogens with two attached hydrogens (primary N) is 1. The normalized spacial score (nSPS) is 15.8. The largest absolute Gasteiger partial charge is 0.435 e. The lowest BCUT2D eigenvalue weighted by atomic mass is 10.1. The van der Waals surface area contributed by atoms with Crippen LogP contribution in [-0.2, 0) is 16.4 Å². The predicted octanol–water partition coefficient (Wildman–Crippen LogP) is 3.28. The Balaban J connectivity index is 0.00000342. The number of hydrogen-bond donors (Lipinski definition) is 3. The Hall–Kier alpha value is -2.86. The van der Waals surface area contributed by atoms with Gasteiger partial charge in [0.25, 0.3) is 0 Å². The van der Waals surface area contributed by atoms with Gasteiger partial charge < -0.3 is 15.4 Å². The zero-order chi connectivity index (χ0) is 24.0. The zero-order valence-corrected chi connectivity index (χ0v) is 20.6. The van der Waals surface area contributed by atoms with Crippen LogP contribution >= 0.6 is 12.4 Å². The van der Waals surface area contributed by atoms with Gasteiger partial charge in [0.15, 0.2) is 11.6 Å². The number of primary sulfonamides is 1. The molecule has 1 atom stereocenters. The molecule has 0 amide bonds. The van der Waals surface area contributed by atoms with E-state index in [4.69, 9.17) is 9.88 Å². The van der Waals surface area contributed by atoms with Crippen LogP contribution in [0.25, 0.3) is 11.3 Å². The minimum Gasteiger partial charge on any atom is -0.435 e. The molecule has 1 aromatic carbocycles. The number of hydrogen-bond acceptors (Lipinski definition) is 8. The average molecular weight is 523 g/mol. The highest BCUT2D eigenvalue weighted by Crippen LogP contribution is 2.32. The Morgan fingerprint density at radius 3 is 2.80 bits per heavy atom. The smallest absolute Gasteiger partial charge is 0.228 e. The van der Waals surface area contributed by atoms with Crippen molar-refractivity contribution in [3.05, 3.63) is 60.2 Å². The van der Waals surface area contributed by atoms with Crippen molar-refractivity contribution in [3.8, 4) is 22.9 Å². The number of anilines is 1. The van der Waals surface area contributed by atoms with Crippen molar-refractivity contribution in [1.82, 2.24) is 20.3 Å². The Kier molecular flexibility index (Phi) is 9.33. The van der Waals surface area contributed by atoms with Gasteiger partial charge in [0.1, 0.15) is 0 Å². The first-order valence-corrected chi connectivity index (χ1v) is 12.8. The molecule has 0 bridgehead atoms. The number of nitrogens with one attached hydrogen (secondary N) is 2. The van der Waals surface area contributed by atoms with E-state index in [-0.39, 0.29) is 48.7 Å². The second kappa shape index (κ2) is 12.2. The summed E-state index contributed by atoms with van der Waals surface area (Å²) in [6.07, 6.45) is 5.76. The standard InChI is InChI=1S/C23H27FN6O3S.ClH/c24-21-16(6-4-14-34(25,31)32)5-1-9-20(21)33-22-18(8-3-12-27-22)19-10-13-28-23(30-19)29-17-7-2-11-26-15-17;/h1,3,5,8-10,12-13,17,26H,2,4,6-7,11,14-15H2,(H2,25,31,32)(H,28,29,30);1H. The van der Waals surface area contributed by atoms with Crippen molar-refractivity contribution in [1.29, 1.82) is 0 Å². The third-order valence-corrected chi connectivity index (χ3v) is 6.32. The third kappa shape index (κ3) is 7.56. The molecule has 1 saturated heterocycles. The number of aryl methyl sites for hydroxylation is 1. The highest BCUT2D eigenvalue weighted by atomic mass is 35.5. The maximum Gasteiger partial charge on any atom is 0.228 e. The van der Waals surface area contributed by atoms with Crippen LogP contribution in [0.3, 0.4) is 0 Å². The predicted molar refractivity (Wildman–Crippen MR) is 135 cm³/mol. The van der Waals surface area contributed by atoms with Gasteiger partial charge >= 0.3 is 0 Å². The van der Waals surface area contributed by atoms with Crippen LogP contribution in [0.2, 0.25) is 0 Å². The summed E-state index contributed by atoms with van der Waals surface area (Å²) in [5.41, 5.74) is 1.52. The highest BCUT2D eigenvalue weighted by Gasteiger charge is 2.17. The van der Waals surface area contributed by atoms with Gasteiger partial charge in [0.05, 0.1) is 17.0 Å². The number of aromatic nitrogens is 3. The van der Waals surface area contributed by atoms with Crippen LogP contribution in [0.5, 0.6) is 11.6 Å². The average Bonchev–Trinajstić information content (AvgIpc) is 2.82. The van der Waals surface area contributed by atoms with E-state index >= 15 is 4.39 Å². The Morgan fingerprint density at radius 2 is 2.03 bits per heavy atom. The Bertz CT molecular complexity index is 1240. The van der Waals surface area contributed by atoms with Gasteiger partial charge in [-0.2, -0.15) is 0 Å². The molecular weight excluding hydrogens is 495 g/mol. The van der Waals surface area contributed by atoms with Gasteiger partial charge in [-0.1, -0.05) is 12.1 Å². The van der Waals surface area contributed by atoms with E-state index in [0.717, 1.165) is 25.9 Å². The van der Waals surface area contributed by atoms with Crippen molar-refractivity contribution in [2.45, 2.75) is 31.7 Å². The molecule has 12 heteroatoms. The number of pyridine rings is 1. The van der Waals surface area contributed by atoms with Gasteiger partial charge in [-0.3, -0.25) is 0 Å². The van der Waals surface area contributed by atoms with Crippen LogP contribution in [0.4, 0.5) is 10.3 Å². The summed E-state index contributed by atoms with van der Waals surface area (Å²) in [7, 11) is -3.60. The van der Waals surface area contributed by atoms with E-state index in [9.17, 15) is 8.42 Å². The first-order chi connectivity index (χ1) is 16.4.